The molecule has 2 aliphatic rings. The summed E-state index contributed by atoms with van der Waals surface area (Å²) >= 11 is 0. The summed E-state index contributed by atoms with van der Waals surface area (Å²) in [5, 5.41) is 70.4. The van der Waals surface area contributed by atoms with Crippen molar-refractivity contribution in [3.05, 3.63) is 0 Å². The molecule has 0 saturated carbocycles. The molecule has 2 heterocycles. The van der Waals surface area contributed by atoms with Crippen LogP contribution in [0.1, 0.15) is 0 Å². The van der Waals surface area contributed by atoms with Crippen molar-refractivity contribution in [3.8, 4) is 0 Å². The summed E-state index contributed by atoms with van der Waals surface area (Å²) in [7, 11) is 0. The zero-order chi connectivity index (χ0) is 23.7. The normalized spacial score (nSPS) is 40.5. The van der Waals surface area contributed by atoms with Crippen molar-refractivity contribution >= 4 is 0 Å². The van der Waals surface area contributed by atoms with E-state index < -0.39 is 74.4 Å². The van der Waals surface area contributed by atoms with E-state index in [0.717, 1.165) is 0 Å². The predicted octanol–water partition coefficient (Wildman–Crippen LogP) is -7.12. The van der Waals surface area contributed by atoms with Crippen LogP contribution in [0.5, 0.6) is 0 Å². The van der Waals surface area contributed by atoms with E-state index in [1.165, 1.54) is 0 Å². The molecule has 2 aliphatic heterocycles. The van der Waals surface area contributed by atoms with Crippen molar-refractivity contribution in [3.63, 3.8) is 0 Å². The van der Waals surface area contributed by atoms with Gasteiger partial charge in [0.2, 0.25) is 0 Å². The molecular formula is C18H40N6O8. The third-order valence-corrected chi connectivity index (χ3v) is 5.73. The Morgan fingerprint density at radius 1 is 0.562 bits per heavy atom. The highest BCUT2D eigenvalue weighted by Crippen LogP contribution is 2.19. The molecule has 2 rings (SSSR count). The van der Waals surface area contributed by atoms with Crippen LogP contribution in [0.4, 0.5) is 0 Å². The highest BCUT2D eigenvalue weighted by molar-refractivity contribution is 4.94. The first-order valence-electron chi connectivity index (χ1n) is 11.0. The average Bonchev–Trinajstić information content (AvgIpc) is 2.79. The van der Waals surface area contributed by atoms with Gasteiger partial charge in [0.15, 0.2) is 0 Å². The van der Waals surface area contributed by atoms with Crippen molar-refractivity contribution in [2.75, 3.05) is 52.5 Å². The van der Waals surface area contributed by atoms with Crippen LogP contribution in [0.2, 0.25) is 0 Å². The van der Waals surface area contributed by atoms with Gasteiger partial charge < -0.3 is 62.2 Å². The van der Waals surface area contributed by atoms with E-state index in [1.54, 1.807) is 0 Å². The monoisotopic (exact) mass is 468 g/mol. The molecule has 32 heavy (non-hydrogen) atoms. The fourth-order valence-corrected chi connectivity index (χ4v) is 3.68. The fourth-order valence-electron chi connectivity index (χ4n) is 3.68. The summed E-state index contributed by atoms with van der Waals surface area (Å²) in [6, 6.07) is -1.61. The van der Waals surface area contributed by atoms with Crippen molar-refractivity contribution in [2.24, 2.45) is 11.5 Å². The number of aliphatic hydroxyl groups excluding tert-OH is 6. The minimum absolute atomic E-state index is 0.411. The van der Waals surface area contributed by atoms with Gasteiger partial charge in [-0.25, -0.2) is 0 Å². The number of nitrogens with one attached hydrogen (secondary N) is 4. The number of nitrogens with two attached hydrogens (primary N) is 2. The molecule has 0 unspecified atom stereocenters. The average molecular weight is 469 g/mol. The summed E-state index contributed by atoms with van der Waals surface area (Å²) < 4.78 is 11.0. The summed E-state index contributed by atoms with van der Waals surface area (Å²) in [5.74, 6) is 0. The number of hydrogen-bond acceptors (Lipinski definition) is 14. The third-order valence-electron chi connectivity index (χ3n) is 5.73. The van der Waals surface area contributed by atoms with Gasteiger partial charge in [-0.3, -0.25) is 10.6 Å². The Labute approximate surface area is 187 Å². The lowest BCUT2D eigenvalue weighted by atomic mass is 9.97. The Kier molecular flexibility index (Phi) is 12.1. The number of rotatable bonds is 13. The Morgan fingerprint density at radius 3 is 1.25 bits per heavy atom. The van der Waals surface area contributed by atoms with Crippen LogP contribution in [-0.2, 0) is 9.47 Å². The van der Waals surface area contributed by atoms with E-state index in [9.17, 15) is 30.6 Å². The van der Waals surface area contributed by atoms with Gasteiger partial charge in [0.05, 0.1) is 25.3 Å². The summed E-state index contributed by atoms with van der Waals surface area (Å²) in [4.78, 5) is 0. The minimum Gasteiger partial charge on any atom is -0.394 e. The summed E-state index contributed by atoms with van der Waals surface area (Å²) in [6.45, 7) is 2.81. The third kappa shape index (κ3) is 7.48. The second-order valence-electron chi connectivity index (χ2n) is 8.08. The molecule has 0 amide bonds. The molecule has 14 nitrogen and oxygen atoms in total. The van der Waals surface area contributed by atoms with Crippen LogP contribution in [-0.4, -0.2) is 144 Å². The molecule has 10 atom stereocenters. The smallest absolute Gasteiger partial charge is 0.126 e. The molecule has 14 heteroatoms. The van der Waals surface area contributed by atoms with Crippen molar-refractivity contribution in [1.29, 1.82) is 0 Å². The quantitative estimate of drug-likeness (QED) is 0.112. The molecule has 2 saturated heterocycles. The van der Waals surface area contributed by atoms with Gasteiger partial charge in [0.25, 0.3) is 0 Å². The first-order valence-corrected chi connectivity index (χ1v) is 11.0. The van der Waals surface area contributed by atoms with Crippen LogP contribution in [0, 0.1) is 0 Å². The first kappa shape index (κ1) is 27.7. The van der Waals surface area contributed by atoms with Crippen LogP contribution in [0.25, 0.3) is 0 Å². The Hall–Kier alpha value is -0.560. The van der Waals surface area contributed by atoms with Gasteiger partial charge in [0, 0.05) is 39.3 Å². The van der Waals surface area contributed by atoms with Gasteiger partial charge in [0.1, 0.15) is 49.1 Å². The molecule has 0 spiro atoms. The maximum absolute atomic E-state index is 9.93. The maximum atomic E-state index is 9.93. The van der Waals surface area contributed by atoms with Crippen LogP contribution < -0.4 is 32.7 Å². The van der Waals surface area contributed by atoms with Crippen molar-refractivity contribution in [1.82, 2.24) is 21.3 Å². The summed E-state index contributed by atoms with van der Waals surface area (Å²) in [6.07, 6.45) is -7.92. The van der Waals surface area contributed by atoms with E-state index >= 15 is 0 Å². The Balaban J connectivity index is 1.50. The van der Waals surface area contributed by atoms with Crippen molar-refractivity contribution < 1.29 is 40.1 Å². The van der Waals surface area contributed by atoms with E-state index in [2.05, 4.69) is 21.3 Å². The van der Waals surface area contributed by atoms with Gasteiger partial charge in [-0.1, -0.05) is 0 Å². The molecule has 2 fully saturated rings. The van der Waals surface area contributed by atoms with E-state index in [1.807, 2.05) is 0 Å². The molecule has 0 aliphatic carbocycles. The maximum Gasteiger partial charge on any atom is 0.126 e. The largest absolute Gasteiger partial charge is 0.394 e. The lowest BCUT2D eigenvalue weighted by molar-refractivity contribution is -0.196. The van der Waals surface area contributed by atoms with Crippen LogP contribution >= 0.6 is 0 Å². The number of hydrogen-bond donors (Lipinski definition) is 12. The number of ether oxygens (including phenoxy) is 2. The Bertz CT molecular complexity index is 478. The van der Waals surface area contributed by atoms with Crippen LogP contribution in [0.3, 0.4) is 0 Å². The van der Waals surface area contributed by atoms with E-state index in [4.69, 9.17) is 20.9 Å². The molecule has 0 radical (unpaired) electrons. The van der Waals surface area contributed by atoms with Crippen LogP contribution in [0.15, 0.2) is 0 Å². The summed E-state index contributed by atoms with van der Waals surface area (Å²) in [5.41, 5.74) is 11.7. The molecule has 0 bridgehead atoms. The molecule has 0 aromatic heterocycles. The van der Waals surface area contributed by atoms with E-state index in [0.29, 0.717) is 39.3 Å². The van der Waals surface area contributed by atoms with Gasteiger partial charge >= 0.3 is 0 Å². The number of aliphatic hydroxyl groups is 6. The van der Waals surface area contributed by atoms with E-state index in [-0.39, 0.29) is 0 Å². The lowest BCUT2D eigenvalue weighted by Crippen LogP contribution is -2.66. The molecule has 190 valence electrons. The van der Waals surface area contributed by atoms with Gasteiger partial charge in [-0.15, -0.1) is 0 Å². The zero-order valence-corrected chi connectivity index (χ0v) is 18.1. The molecular weight excluding hydrogens is 428 g/mol. The molecule has 14 N–H and O–H groups in total. The fraction of sp³-hybridized carbons (Fsp3) is 1.00. The standard InChI is InChI=1S/C18H40N6O8/c19-11-15(29)13(27)9(7-25)31-17(11)23-5-3-21-1-2-22-4-6-24-18-12(20)16(30)14(28)10(8-26)32-18/h9-18,21-30H,1-8,19-20H2/t9-,10+,11-,12+,13-,14+,15+,16-,17-,18+. The molecule has 0 aromatic rings. The van der Waals surface area contributed by atoms with Gasteiger partial charge in [-0.05, 0) is 0 Å². The SMILES string of the molecule is N[C@@H]1[C@H](O)[C@H](O)[C@@H](CO)O[C@H]1NCCNCCNCCN[C@H]1O[C@@H](CO)[C@H](O)[C@H](O)[C@@H]1N. The topological polar surface area (TPSA) is 240 Å². The highest BCUT2D eigenvalue weighted by atomic mass is 16.5. The Morgan fingerprint density at radius 2 is 0.906 bits per heavy atom. The second-order valence-corrected chi connectivity index (χ2v) is 8.08. The van der Waals surface area contributed by atoms with Crippen molar-refractivity contribution in [2.45, 2.75) is 61.2 Å². The van der Waals surface area contributed by atoms with Gasteiger partial charge in [-0.2, -0.15) is 0 Å². The first-order chi connectivity index (χ1) is 15.3. The second kappa shape index (κ2) is 14.0. The zero-order valence-electron chi connectivity index (χ0n) is 18.1. The predicted molar refractivity (Wildman–Crippen MR) is 113 cm³/mol. The minimum atomic E-state index is -1.22. The molecule has 0 aromatic carbocycles. The highest BCUT2D eigenvalue weighted by Gasteiger charge is 2.43. The lowest BCUT2D eigenvalue weighted by Gasteiger charge is -2.41.